The van der Waals surface area contributed by atoms with Crippen LogP contribution in [0, 0.1) is 0 Å². The highest BCUT2D eigenvalue weighted by atomic mass is 17.2. The molecule has 0 aliphatic heterocycles. The van der Waals surface area contributed by atoms with E-state index >= 15 is 0 Å². The van der Waals surface area contributed by atoms with Crippen molar-refractivity contribution in [2.24, 2.45) is 0 Å². The second-order valence-electron chi connectivity index (χ2n) is 4.37. The van der Waals surface area contributed by atoms with E-state index < -0.39 is 5.97 Å². The minimum Gasteiger partial charge on any atom is -0.292 e. The standard InChI is InChI=1S/C14H20O3/c1-4-11-14(3,5-2)17-16-13(15)12-9-7-6-8-10-12/h6-10H,4-5,11H2,1-3H3. The fourth-order valence-electron chi connectivity index (χ4n) is 1.57. The molecule has 3 nitrogen and oxygen atoms in total. The van der Waals surface area contributed by atoms with Gasteiger partial charge < -0.3 is 0 Å². The molecular weight excluding hydrogens is 216 g/mol. The maximum atomic E-state index is 11.7. The molecule has 0 N–H and O–H groups in total. The average molecular weight is 236 g/mol. The van der Waals surface area contributed by atoms with E-state index in [0.717, 1.165) is 19.3 Å². The van der Waals surface area contributed by atoms with Crippen LogP contribution in [0.2, 0.25) is 0 Å². The Balaban J connectivity index is 2.53. The summed E-state index contributed by atoms with van der Waals surface area (Å²) in [6, 6.07) is 8.85. The van der Waals surface area contributed by atoms with Crippen LogP contribution in [0.15, 0.2) is 30.3 Å². The van der Waals surface area contributed by atoms with Gasteiger partial charge in [-0.25, -0.2) is 4.79 Å². The maximum absolute atomic E-state index is 11.7. The second-order valence-corrected chi connectivity index (χ2v) is 4.37. The summed E-state index contributed by atoms with van der Waals surface area (Å²) in [6.07, 6.45) is 2.67. The van der Waals surface area contributed by atoms with Gasteiger partial charge in [0.25, 0.3) is 0 Å². The molecule has 0 radical (unpaired) electrons. The van der Waals surface area contributed by atoms with Crippen molar-refractivity contribution in [3.63, 3.8) is 0 Å². The van der Waals surface area contributed by atoms with Crippen molar-refractivity contribution in [1.29, 1.82) is 0 Å². The van der Waals surface area contributed by atoms with Crippen LogP contribution in [-0.4, -0.2) is 11.6 Å². The van der Waals surface area contributed by atoms with E-state index in [9.17, 15) is 4.79 Å². The topological polar surface area (TPSA) is 35.5 Å². The molecule has 1 aromatic rings. The molecule has 0 bridgehead atoms. The molecule has 0 amide bonds. The van der Waals surface area contributed by atoms with Crippen molar-refractivity contribution < 1.29 is 14.6 Å². The maximum Gasteiger partial charge on any atom is 0.373 e. The van der Waals surface area contributed by atoms with Gasteiger partial charge >= 0.3 is 5.97 Å². The molecule has 0 saturated heterocycles. The minimum atomic E-state index is -0.443. The van der Waals surface area contributed by atoms with Crippen LogP contribution >= 0.6 is 0 Å². The third-order valence-corrected chi connectivity index (χ3v) is 2.85. The zero-order valence-corrected chi connectivity index (χ0v) is 10.7. The largest absolute Gasteiger partial charge is 0.373 e. The van der Waals surface area contributed by atoms with Gasteiger partial charge in [0.15, 0.2) is 0 Å². The fourth-order valence-corrected chi connectivity index (χ4v) is 1.57. The Hall–Kier alpha value is -1.35. The summed E-state index contributed by atoms with van der Waals surface area (Å²) in [7, 11) is 0. The quantitative estimate of drug-likeness (QED) is 0.557. The molecule has 1 atom stereocenters. The van der Waals surface area contributed by atoms with Gasteiger partial charge in [-0.3, -0.25) is 4.89 Å². The molecule has 0 heterocycles. The highest BCUT2D eigenvalue weighted by Gasteiger charge is 2.25. The summed E-state index contributed by atoms with van der Waals surface area (Å²) in [5, 5.41) is 0. The molecule has 0 aliphatic carbocycles. The van der Waals surface area contributed by atoms with Crippen molar-refractivity contribution in [3.8, 4) is 0 Å². The lowest BCUT2D eigenvalue weighted by atomic mass is 9.98. The Morgan fingerprint density at radius 2 is 1.88 bits per heavy atom. The van der Waals surface area contributed by atoms with Crippen LogP contribution in [0.3, 0.4) is 0 Å². The fraction of sp³-hybridized carbons (Fsp3) is 0.500. The summed E-state index contributed by atoms with van der Waals surface area (Å²) >= 11 is 0. The monoisotopic (exact) mass is 236 g/mol. The van der Waals surface area contributed by atoms with Gasteiger partial charge in [0.2, 0.25) is 0 Å². The van der Waals surface area contributed by atoms with Gasteiger partial charge in [0.1, 0.15) is 5.60 Å². The van der Waals surface area contributed by atoms with Gasteiger partial charge in [-0.15, -0.1) is 0 Å². The number of hydrogen-bond acceptors (Lipinski definition) is 3. The summed E-state index contributed by atoms with van der Waals surface area (Å²) in [5.41, 5.74) is 0.113. The summed E-state index contributed by atoms with van der Waals surface area (Å²) < 4.78 is 0. The van der Waals surface area contributed by atoms with Crippen molar-refractivity contribution >= 4 is 5.97 Å². The predicted octanol–water partition coefficient (Wildman–Crippen LogP) is 3.74. The van der Waals surface area contributed by atoms with Crippen LogP contribution < -0.4 is 0 Å². The number of hydrogen-bond donors (Lipinski definition) is 0. The van der Waals surface area contributed by atoms with Gasteiger partial charge in [-0.05, 0) is 31.9 Å². The van der Waals surface area contributed by atoms with E-state index in [0.29, 0.717) is 5.56 Å². The molecule has 17 heavy (non-hydrogen) atoms. The molecule has 0 fully saturated rings. The minimum absolute atomic E-state index is 0.390. The first-order chi connectivity index (χ1) is 8.11. The molecule has 94 valence electrons. The van der Waals surface area contributed by atoms with Crippen LogP contribution in [0.25, 0.3) is 0 Å². The van der Waals surface area contributed by atoms with Crippen molar-refractivity contribution in [2.75, 3.05) is 0 Å². The van der Waals surface area contributed by atoms with E-state index in [4.69, 9.17) is 9.78 Å². The summed E-state index contributed by atoms with van der Waals surface area (Å²) in [4.78, 5) is 21.8. The Labute approximate surface area is 103 Å². The Morgan fingerprint density at radius 3 is 2.41 bits per heavy atom. The lowest BCUT2D eigenvalue weighted by Crippen LogP contribution is -2.29. The zero-order valence-electron chi connectivity index (χ0n) is 10.7. The van der Waals surface area contributed by atoms with E-state index in [1.54, 1.807) is 24.3 Å². The average Bonchev–Trinajstić information content (AvgIpc) is 2.37. The van der Waals surface area contributed by atoms with Crippen LogP contribution in [0.1, 0.15) is 50.4 Å². The molecule has 1 rings (SSSR count). The highest BCUT2D eigenvalue weighted by Crippen LogP contribution is 2.22. The van der Waals surface area contributed by atoms with Crippen molar-refractivity contribution in [3.05, 3.63) is 35.9 Å². The summed E-state index contributed by atoms with van der Waals surface area (Å²) in [5.74, 6) is -0.443. The van der Waals surface area contributed by atoms with Crippen LogP contribution in [0.4, 0.5) is 0 Å². The van der Waals surface area contributed by atoms with Crippen LogP contribution in [-0.2, 0) is 9.78 Å². The molecule has 1 unspecified atom stereocenters. The third-order valence-electron chi connectivity index (χ3n) is 2.85. The molecule has 0 saturated carbocycles. The molecule has 1 aromatic carbocycles. The van der Waals surface area contributed by atoms with Gasteiger partial charge in [0.05, 0.1) is 5.56 Å². The van der Waals surface area contributed by atoms with Crippen molar-refractivity contribution in [1.82, 2.24) is 0 Å². The van der Waals surface area contributed by atoms with Crippen molar-refractivity contribution in [2.45, 2.75) is 45.6 Å². The highest BCUT2D eigenvalue weighted by molar-refractivity contribution is 5.88. The molecule has 0 aromatic heterocycles. The number of carbonyl (C=O) groups is 1. The third kappa shape index (κ3) is 4.19. The molecule has 0 spiro atoms. The van der Waals surface area contributed by atoms with Gasteiger partial charge in [-0.2, -0.15) is 4.89 Å². The van der Waals surface area contributed by atoms with Crippen LogP contribution in [0.5, 0.6) is 0 Å². The number of carbonyl (C=O) groups excluding carboxylic acids is 1. The predicted molar refractivity (Wildman–Crippen MR) is 66.5 cm³/mol. The lowest BCUT2D eigenvalue weighted by Gasteiger charge is -2.25. The van der Waals surface area contributed by atoms with E-state index in [1.165, 1.54) is 0 Å². The first-order valence-corrected chi connectivity index (χ1v) is 6.06. The molecule has 3 heteroatoms. The van der Waals surface area contributed by atoms with E-state index in [-0.39, 0.29) is 5.60 Å². The van der Waals surface area contributed by atoms with E-state index in [2.05, 4.69) is 6.92 Å². The van der Waals surface area contributed by atoms with Gasteiger partial charge in [0, 0.05) is 0 Å². The second kappa shape index (κ2) is 6.40. The first kappa shape index (κ1) is 13.7. The van der Waals surface area contributed by atoms with Gasteiger partial charge in [-0.1, -0.05) is 38.5 Å². The number of benzene rings is 1. The smallest absolute Gasteiger partial charge is 0.292 e. The van der Waals surface area contributed by atoms with E-state index in [1.807, 2.05) is 19.9 Å². The molecular formula is C14H20O3. The molecule has 0 aliphatic rings. The number of rotatable bonds is 6. The first-order valence-electron chi connectivity index (χ1n) is 6.06. The lowest BCUT2D eigenvalue weighted by molar-refractivity contribution is -0.314. The Kier molecular flexibility index (Phi) is 5.16. The summed E-state index contributed by atoms with van der Waals surface area (Å²) in [6.45, 7) is 6.05. The SMILES string of the molecule is CCCC(C)(CC)OOC(=O)c1ccccc1. The zero-order chi connectivity index (χ0) is 12.7. The Morgan fingerprint density at radius 1 is 1.24 bits per heavy atom. The normalized spacial score (nSPS) is 14.1. The Bertz CT molecular complexity index is 348.